The molecule has 0 saturated heterocycles. The highest BCUT2D eigenvalue weighted by atomic mass is 16.5. The molecule has 0 bridgehead atoms. The van der Waals surface area contributed by atoms with Gasteiger partial charge in [-0.15, -0.1) is 0 Å². The minimum atomic E-state index is -1.11. The van der Waals surface area contributed by atoms with Crippen molar-refractivity contribution in [3.8, 4) is 17.6 Å². The van der Waals surface area contributed by atoms with Gasteiger partial charge < -0.3 is 9.84 Å². The zero-order chi connectivity index (χ0) is 13.0. The van der Waals surface area contributed by atoms with Crippen molar-refractivity contribution in [2.75, 3.05) is 0 Å². The molecule has 6 nitrogen and oxygen atoms in total. The van der Waals surface area contributed by atoms with E-state index in [2.05, 4.69) is 9.97 Å². The van der Waals surface area contributed by atoms with Gasteiger partial charge in [-0.05, 0) is 12.1 Å². The Hall–Kier alpha value is -2.94. The van der Waals surface area contributed by atoms with Gasteiger partial charge in [-0.1, -0.05) is 0 Å². The quantitative estimate of drug-likeness (QED) is 0.880. The molecule has 0 aromatic carbocycles. The predicted octanol–water partition coefficient (Wildman–Crippen LogP) is 1.84. The molecular formula is C12H7N3O3. The van der Waals surface area contributed by atoms with Crippen LogP contribution in [0.25, 0.3) is 0 Å². The normalized spacial score (nSPS) is 9.50. The van der Waals surface area contributed by atoms with E-state index in [1.165, 1.54) is 36.8 Å². The number of carbonyl (C=O) groups is 1. The smallest absolute Gasteiger partial charge is 0.339 e. The zero-order valence-corrected chi connectivity index (χ0v) is 9.07. The number of carboxylic acids is 1. The molecule has 6 heteroatoms. The first-order chi connectivity index (χ1) is 8.70. The SMILES string of the molecule is N#Cc1cc(Oc2cnccc2C(=O)O)ccn1. The topological polar surface area (TPSA) is 96.1 Å². The highest BCUT2D eigenvalue weighted by Crippen LogP contribution is 2.24. The summed E-state index contributed by atoms with van der Waals surface area (Å²) in [6.45, 7) is 0. The lowest BCUT2D eigenvalue weighted by atomic mass is 10.2. The first kappa shape index (κ1) is 11.5. The fraction of sp³-hybridized carbons (Fsp3) is 0. The third-order valence-corrected chi connectivity index (χ3v) is 2.09. The Labute approximate surface area is 102 Å². The van der Waals surface area contributed by atoms with Crippen LogP contribution in [0.15, 0.2) is 36.8 Å². The molecule has 2 rings (SSSR count). The number of pyridine rings is 2. The van der Waals surface area contributed by atoms with Crippen LogP contribution in [0.3, 0.4) is 0 Å². The number of ether oxygens (including phenoxy) is 1. The van der Waals surface area contributed by atoms with E-state index in [1.807, 2.05) is 6.07 Å². The lowest BCUT2D eigenvalue weighted by molar-refractivity contribution is 0.0694. The van der Waals surface area contributed by atoms with Crippen LogP contribution in [0.1, 0.15) is 16.1 Å². The number of nitriles is 1. The summed E-state index contributed by atoms with van der Waals surface area (Å²) < 4.78 is 5.38. The fourth-order valence-corrected chi connectivity index (χ4v) is 1.30. The maximum atomic E-state index is 11.0. The molecule has 0 amide bonds. The average Bonchev–Trinajstić information content (AvgIpc) is 2.39. The zero-order valence-electron chi connectivity index (χ0n) is 9.07. The first-order valence-electron chi connectivity index (χ1n) is 4.92. The van der Waals surface area contributed by atoms with E-state index in [0.29, 0.717) is 5.75 Å². The second-order valence-corrected chi connectivity index (χ2v) is 3.27. The Bertz CT molecular complexity index is 634. The van der Waals surface area contributed by atoms with Gasteiger partial charge in [0.25, 0.3) is 0 Å². The summed E-state index contributed by atoms with van der Waals surface area (Å²) in [6.07, 6.45) is 4.07. The van der Waals surface area contributed by atoms with Crippen LogP contribution in [-0.2, 0) is 0 Å². The van der Waals surface area contributed by atoms with Crippen LogP contribution < -0.4 is 4.74 Å². The first-order valence-corrected chi connectivity index (χ1v) is 4.92. The Balaban J connectivity index is 2.34. The van der Waals surface area contributed by atoms with E-state index in [4.69, 9.17) is 15.1 Å². The predicted molar refractivity (Wildman–Crippen MR) is 60.2 cm³/mol. The minimum absolute atomic E-state index is 0.000296. The van der Waals surface area contributed by atoms with Gasteiger partial charge in [0.1, 0.15) is 23.1 Å². The summed E-state index contributed by atoms with van der Waals surface area (Å²) in [5.74, 6) is -0.667. The lowest BCUT2D eigenvalue weighted by Crippen LogP contribution is -2.00. The summed E-state index contributed by atoms with van der Waals surface area (Å²) in [5, 5.41) is 17.7. The molecule has 0 aliphatic heterocycles. The second kappa shape index (κ2) is 4.93. The number of carboxylic acid groups (broad SMARTS) is 1. The van der Waals surface area contributed by atoms with Gasteiger partial charge in [0.15, 0.2) is 5.75 Å². The summed E-state index contributed by atoms with van der Waals surface area (Å²) >= 11 is 0. The standard InChI is InChI=1S/C12H7N3O3/c13-6-8-5-9(1-4-15-8)18-11-7-14-3-2-10(11)12(16)17/h1-5,7H,(H,16,17). The van der Waals surface area contributed by atoms with Crippen molar-refractivity contribution >= 4 is 5.97 Å². The van der Waals surface area contributed by atoms with Crippen LogP contribution in [0.2, 0.25) is 0 Å². The maximum Gasteiger partial charge on any atom is 0.339 e. The third-order valence-electron chi connectivity index (χ3n) is 2.09. The molecule has 0 saturated carbocycles. The van der Waals surface area contributed by atoms with Gasteiger partial charge >= 0.3 is 5.97 Å². The molecule has 88 valence electrons. The van der Waals surface area contributed by atoms with E-state index in [9.17, 15) is 4.79 Å². The second-order valence-electron chi connectivity index (χ2n) is 3.27. The van der Waals surface area contributed by atoms with Crippen molar-refractivity contribution in [2.24, 2.45) is 0 Å². The molecule has 2 heterocycles. The van der Waals surface area contributed by atoms with E-state index < -0.39 is 5.97 Å². The summed E-state index contributed by atoms with van der Waals surface area (Å²) in [7, 11) is 0. The molecule has 0 unspecified atom stereocenters. The van der Waals surface area contributed by atoms with E-state index in [0.717, 1.165) is 0 Å². The third kappa shape index (κ3) is 2.41. The Morgan fingerprint density at radius 3 is 2.94 bits per heavy atom. The molecule has 2 aromatic rings. The highest BCUT2D eigenvalue weighted by molar-refractivity contribution is 5.90. The Morgan fingerprint density at radius 1 is 1.39 bits per heavy atom. The molecule has 0 aliphatic rings. The number of rotatable bonds is 3. The highest BCUT2D eigenvalue weighted by Gasteiger charge is 2.11. The van der Waals surface area contributed by atoms with Crippen LogP contribution in [-0.4, -0.2) is 21.0 Å². The van der Waals surface area contributed by atoms with E-state index >= 15 is 0 Å². The lowest BCUT2D eigenvalue weighted by Gasteiger charge is -2.07. The van der Waals surface area contributed by atoms with Crippen molar-refractivity contribution < 1.29 is 14.6 Å². The molecule has 1 N–H and O–H groups in total. The summed E-state index contributed by atoms with van der Waals surface area (Å²) in [4.78, 5) is 18.5. The molecule has 2 aromatic heterocycles. The van der Waals surface area contributed by atoms with Gasteiger partial charge in [-0.3, -0.25) is 4.98 Å². The molecule has 18 heavy (non-hydrogen) atoms. The Morgan fingerprint density at radius 2 is 2.22 bits per heavy atom. The van der Waals surface area contributed by atoms with Gasteiger partial charge in [0.2, 0.25) is 0 Å². The molecule has 0 aliphatic carbocycles. The van der Waals surface area contributed by atoms with Crippen LogP contribution in [0.5, 0.6) is 11.5 Å². The van der Waals surface area contributed by atoms with Crippen LogP contribution in [0, 0.1) is 11.3 Å². The molecular weight excluding hydrogens is 234 g/mol. The maximum absolute atomic E-state index is 11.0. The monoisotopic (exact) mass is 241 g/mol. The Kier molecular flexibility index (Phi) is 3.16. The van der Waals surface area contributed by atoms with Crippen molar-refractivity contribution in [1.29, 1.82) is 5.26 Å². The number of hydrogen-bond acceptors (Lipinski definition) is 5. The van der Waals surface area contributed by atoms with Crippen molar-refractivity contribution in [3.05, 3.63) is 48.0 Å². The largest absolute Gasteiger partial charge is 0.478 e. The number of aromatic nitrogens is 2. The summed E-state index contributed by atoms with van der Waals surface area (Å²) in [6, 6.07) is 6.15. The minimum Gasteiger partial charge on any atom is -0.478 e. The van der Waals surface area contributed by atoms with Gasteiger partial charge in [0.05, 0.1) is 6.20 Å². The molecule has 0 atom stereocenters. The van der Waals surface area contributed by atoms with Crippen molar-refractivity contribution in [3.63, 3.8) is 0 Å². The average molecular weight is 241 g/mol. The molecule has 0 radical (unpaired) electrons. The van der Waals surface area contributed by atoms with Crippen LogP contribution >= 0.6 is 0 Å². The van der Waals surface area contributed by atoms with Crippen LogP contribution in [0.4, 0.5) is 0 Å². The molecule has 0 spiro atoms. The summed E-state index contributed by atoms with van der Waals surface area (Å²) in [5.41, 5.74) is 0.189. The van der Waals surface area contributed by atoms with Gasteiger partial charge in [-0.2, -0.15) is 5.26 Å². The van der Waals surface area contributed by atoms with Crippen molar-refractivity contribution in [2.45, 2.75) is 0 Å². The van der Waals surface area contributed by atoms with Crippen molar-refractivity contribution in [1.82, 2.24) is 9.97 Å². The van der Waals surface area contributed by atoms with E-state index in [1.54, 1.807) is 0 Å². The number of aromatic carboxylic acids is 1. The number of hydrogen-bond donors (Lipinski definition) is 1. The fourth-order valence-electron chi connectivity index (χ4n) is 1.30. The van der Waals surface area contributed by atoms with E-state index in [-0.39, 0.29) is 17.0 Å². The van der Waals surface area contributed by atoms with Gasteiger partial charge in [-0.25, -0.2) is 9.78 Å². The van der Waals surface area contributed by atoms with Gasteiger partial charge in [0, 0.05) is 18.5 Å². The number of nitrogens with zero attached hydrogens (tertiary/aromatic N) is 3. The molecule has 0 fully saturated rings.